The molecule has 0 unspecified atom stereocenters. The van der Waals surface area contributed by atoms with Crippen LogP contribution in [0, 0.1) is 19.7 Å². The van der Waals surface area contributed by atoms with Gasteiger partial charge in [-0.15, -0.1) is 0 Å². The van der Waals surface area contributed by atoms with E-state index in [1.807, 2.05) is 56.3 Å². The lowest BCUT2D eigenvalue weighted by molar-refractivity contribution is -0.118. The van der Waals surface area contributed by atoms with Gasteiger partial charge in [0.1, 0.15) is 11.3 Å². The number of carbonyl (C=O) groups excluding carboxylic acids is 1. The fourth-order valence-corrected chi connectivity index (χ4v) is 4.18. The van der Waals surface area contributed by atoms with E-state index in [1.165, 1.54) is 17.4 Å². The highest BCUT2D eigenvalue weighted by Crippen LogP contribution is 2.31. The topological polar surface area (TPSA) is 46.1 Å². The molecule has 1 amide bonds. The van der Waals surface area contributed by atoms with E-state index in [4.69, 9.17) is 0 Å². The summed E-state index contributed by atoms with van der Waals surface area (Å²) in [6.07, 6.45) is 1.94. The van der Waals surface area contributed by atoms with Crippen molar-refractivity contribution in [1.29, 1.82) is 0 Å². The van der Waals surface area contributed by atoms with E-state index in [-0.39, 0.29) is 30.2 Å². The smallest absolute Gasteiger partial charge is 0.233 e. The Kier molecular flexibility index (Phi) is 5.36. The van der Waals surface area contributed by atoms with Gasteiger partial charge in [0.15, 0.2) is 5.13 Å². The number of hydrogen-bond acceptors (Lipinski definition) is 4. The summed E-state index contributed by atoms with van der Waals surface area (Å²) < 4.78 is 14.9. The molecule has 0 aliphatic rings. The Morgan fingerprint density at radius 3 is 2.72 bits per heavy atom. The molecule has 0 aliphatic carbocycles. The molecule has 6 heteroatoms. The van der Waals surface area contributed by atoms with Crippen LogP contribution in [0.4, 0.5) is 9.52 Å². The first kappa shape index (κ1) is 19.2. The number of hydrogen-bond donors (Lipinski definition) is 0. The standard InChI is InChI=1S/C23H20FN3OS/c1-15-9-10-16(2)17(12-15)13-21(28)27(14-18-6-3-4-11-25-18)23-26-22-19(24)7-5-8-20(22)29-23/h3-12H,13-14H2,1-2H3. The zero-order valence-electron chi connectivity index (χ0n) is 16.2. The van der Waals surface area contributed by atoms with Crippen LogP contribution in [-0.2, 0) is 17.8 Å². The Labute approximate surface area is 172 Å². The van der Waals surface area contributed by atoms with Crippen molar-refractivity contribution in [2.75, 3.05) is 4.90 Å². The summed E-state index contributed by atoms with van der Waals surface area (Å²) in [6.45, 7) is 4.29. The molecular formula is C23H20FN3OS. The number of nitrogens with zero attached hydrogens (tertiary/aromatic N) is 3. The largest absolute Gasteiger partial charge is 0.282 e. The van der Waals surface area contributed by atoms with Crippen LogP contribution in [0.25, 0.3) is 10.2 Å². The summed E-state index contributed by atoms with van der Waals surface area (Å²) in [5, 5.41) is 0.478. The van der Waals surface area contributed by atoms with E-state index >= 15 is 0 Å². The van der Waals surface area contributed by atoms with Crippen LogP contribution in [-0.4, -0.2) is 15.9 Å². The van der Waals surface area contributed by atoms with Crippen molar-refractivity contribution in [1.82, 2.24) is 9.97 Å². The van der Waals surface area contributed by atoms with Crippen LogP contribution in [0.1, 0.15) is 22.4 Å². The fourth-order valence-electron chi connectivity index (χ4n) is 3.18. The molecule has 4 aromatic rings. The first-order valence-corrected chi connectivity index (χ1v) is 10.1. The molecule has 0 atom stereocenters. The Hall–Kier alpha value is -3.12. The molecule has 2 aromatic heterocycles. The number of aromatic nitrogens is 2. The number of rotatable bonds is 5. The predicted octanol–water partition coefficient (Wildman–Crippen LogP) is 5.22. The number of halogens is 1. The Bertz CT molecular complexity index is 1170. The zero-order valence-corrected chi connectivity index (χ0v) is 17.0. The average molecular weight is 405 g/mol. The van der Waals surface area contributed by atoms with E-state index < -0.39 is 0 Å². The fraction of sp³-hybridized carbons (Fsp3) is 0.174. The van der Waals surface area contributed by atoms with Gasteiger partial charge in [0.25, 0.3) is 0 Å². The lowest BCUT2D eigenvalue weighted by atomic mass is 10.0. The minimum Gasteiger partial charge on any atom is -0.282 e. The quantitative estimate of drug-likeness (QED) is 0.457. The van der Waals surface area contributed by atoms with Crippen LogP contribution >= 0.6 is 11.3 Å². The number of anilines is 1. The molecule has 2 heterocycles. The predicted molar refractivity (Wildman–Crippen MR) is 115 cm³/mol. The monoisotopic (exact) mass is 405 g/mol. The summed E-state index contributed by atoms with van der Waals surface area (Å²) in [4.78, 5) is 23.7. The van der Waals surface area contributed by atoms with Crippen molar-refractivity contribution in [2.45, 2.75) is 26.8 Å². The molecule has 0 saturated carbocycles. The molecule has 0 radical (unpaired) electrons. The third-order valence-electron chi connectivity index (χ3n) is 4.78. The molecule has 4 rings (SSSR count). The van der Waals surface area contributed by atoms with Gasteiger partial charge in [0, 0.05) is 6.20 Å². The maximum atomic E-state index is 14.2. The van der Waals surface area contributed by atoms with E-state index in [2.05, 4.69) is 9.97 Å². The molecule has 2 aromatic carbocycles. The number of thiazole rings is 1. The van der Waals surface area contributed by atoms with Crippen LogP contribution < -0.4 is 4.90 Å². The highest BCUT2D eigenvalue weighted by atomic mass is 32.1. The van der Waals surface area contributed by atoms with Gasteiger partial charge >= 0.3 is 0 Å². The molecule has 0 aliphatic heterocycles. The number of amides is 1. The molecule has 29 heavy (non-hydrogen) atoms. The first-order valence-electron chi connectivity index (χ1n) is 9.33. The molecule has 4 nitrogen and oxygen atoms in total. The van der Waals surface area contributed by atoms with Crippen LogP contribution in [0.15, 0.2) is 60.8 Å². The van der Waals surface area contributed by atoms with Crippen molar-refractivity contribution < 1.29 is 9.18 Å². The maximum absolute atomic E-state index is 14.2. The van der Waals surface area contributed by atoms with E-state index in [0.717, 1.165) is 22.4 Å². The van der Waals surface area contributed by atoms with E-state index in [0.29, 0.717) is 9.83 Å². The van der Waals surface area contributed by atoms with Gasteiger partial charge in [-0.1, -0.05) is 47.2 Å². The minimum atomic E-state index is -0.384. The second-order valence-corrected chi connectivity index (χ2v) is 8.00. The van der Waals surface area contributed by atoms with Gasteiger partial charge in [-0.2, -0.15) is 0 Å². The van der Waals surface area contributed by atoms with Crippen molar-refractivity contribution >= 4 is 32.6 Å². The third kappa shape index (κ3) is 4.17. The normalized spacial score (nSPS) is 11.0. The molecule has 146 valence electrons. The summed E-state index contributed by atoms with van der Waals surface area (Å²) >= 11 is 1.31. The van der Waals surface area contributed by atoms with Crippen LogP contribution in [0.5, 0.6) is 0 Å². The van der Waals surface area contributed by atoms with Crippen LogP contribution in [0.3, 0.4) is 0 Å². The molecule has 0 N–H and O–H groups in total. The second-order valence-electron chi connectivity index (χ2n) is 6.99. The average Bonchev–Trinajstić information content (AvgIpc) is 3.15. The lowest BCUT2D eigenvalue weighted by Crippen LogP contribution is -2.32. The highest BCUT2D eigenvalue weighted by Gasteiger charge is 2.22. The second kappa shape index (κ2) is 8.09. The molecule has 0 spiro atoms. The highest BCUT2D eigenvalue weighted by molar-refractivity contribution is 7.22. The van der Waals surface area contributed by atoms with Crippen molar-refractivity contribution in [2.24, 2.45) is 0 Å². The summed E-state index contributed by atoms with van der Waals surface area (Å²) in [5.41, 5.74) is 4.20. The lowest BCUT2D eigenvalue weighted by Gasteiger charge is -2.20. The van der Waals surface area contributed by atoms with Crippen molar-refractivity contribution in [3.05, 3.63) is 89.0 Å². The van der Waals surface area contributed by atoms with Gasteiger partial charge in [-0.05, 0) is 49.2 Å². The zero-order chi connectivity index (χ0) is 20.4. The first-order chi connectivity index (χ1) is 14.0. The summed E-state index contributed by atoms with van der Waals surface area (Å²) in [7, 11) is 0. The van der Waals surface area contributed by atoms with E-state index in [9.17, 15) is 9.18 Å². The van der Waals surface area contributed by atoms with Gasteiger partial charge in [-0.3, -0.25) is 14.7 Å². The number of pyridine rings is 1. The number of fused-ring (bicyclic) bond motifs is 1. The van der Waals surface area contributed by atoms with Gasteiger partial charge in [0.05, 0.1) is 23.4 Å². The van der Waals surface area contributed by atoms with Gasteiger partial charge < -0.3 is 0 Å². The maximum Gasteiger partial charge on any atom is 0.233 e. The Morgan fingerprint density at radius 1 is 1.10 bits per heavy atom. The van der Waals surface area contributed by atoms with Crippen LogP contribution in [0.2, 0.25) is 0 Å². The van der Waals surface area contributed by atoms with Crippen molar-refractivity contribution in [3.63, 3.8) is 0 Å². The number of para-hydroxylation sites is 1. The third-order valence-corrected chi connectivity index (χ3v) is 5.83. The van der Waals surface area contributed by atoms with Gasteiger partial charge in [0.2, 0.25) is 5.91 Å². The van der Waals surface area contributed by atoms with Crippen molar-refractivity contribution in [3.8, 4) is 0 Å². The molecule has 0 fully saturated rings. The van der Waals surface area contributed by atoms with Gasteiger partial charge in [-0.25, -0.2) is 9.37 Å². The summed E-state index contributed by atoms with van der Waals surface area (Å²) in [5.74, 6) is -0.478. The molecular weight excluding hydrogens is 385 g/mol. The SMILES string of the molecule is Cc1ccc(C)c(CC(=O)N(Cc2ccccn2)c2nc3c(F)cccc3s2)c1. The summed E-state index contributed by atoms with van der Waals surface area (Å²) in [6, 6.07) is 16.5. The number of carbonyl (C=O) groups is 1. The minimum absolute atomic E-state index is 0.0937. The Balaban J connectivity index is 1.72. The Morgan fingerprint density at radius 2 is 1.97 bits per heavy atom. The number of benzene rings is 2. The molecule has 0 saturated heterocycles. The molecule has 0 bridgehead atoms. The van der Waals surface area contributed by atoms with E-state index in [1.54, 1.807) is 17.2 Å². The number of aryl methyl sites for hydroxylation is 2.